The summed E-state index contributed by atoms with van der Waals surface area (Å²) in [7, 11) is 0. The van der Waals surface area contributed by atoms with Crippen molar-refractivity contribution in [3.8, 4) is 0 Å². The molecule has 1 atom stereocenters. The molecular weight excluding hydrogens is 317 g/mol. The van der Waals surface area contributed by atoms with E-state index in [0.29, 0.717) is 6.54 Å². The van der Waals surface area contributed by atoms with Crippen LogP contribution in [-0.2, 0) is 11.0 Å². The van der Waals surface area contributed by atoms with Gasteiger partial charge in [0, 0.05) is 5.69 Å². The Kier molecular flexibility index (Phi) is 5.98. The van der Waals surface area contributed by atoms with Gasteiger partial charge in [0.1, 0.15) is 6.04 Å². The summed E-state index contributed by atoms with van der Waals surface area (Å²) in [6, 6.07) is 13.1. The zero-order chi connectivity index (χ0) is 17.6. The third-order valence-corrected chi connectivity index (χ3v) is 3.45. The fourth-order valence-electron chi connectivity index (χ4n) is 2.28. The molecular formula is C18H19F3N2O. The molecule has 0 fully saturated rings. The van der Waals surface area contributed by atoms with Crippen LogP contribution in [-0.4, -0.2) is 12.5 Å². The first-order valence-corrected chi connectivity index (χ1v) is 7.68. The fraction of sp³-hybridized carbons (Fsp3) is 0.278. The van der Waals surface area contributed by atoms with Crippen molar-refractivity contribution in [2.75, 3.05) is 11.9 Å². The summed E-state index contributed by atoms with van der Waals surface area (Å²) in [4.78, 5) is 12.5. The van der Waals surface area contributed by atoms with E-state index in [1.165, 1.54) is 12.1 Å². The summed E-state index contributed by atoms with van der Waals surface area (Å²) in [5, 5.41) is 5.68. The number of carbonyl (C=O) groups excluding carboxylic acids is 1. The molecule has 2 aromatic rings. The van der Waals surface area contributed by atoms with Crippen LogP contribution in [0.25, 0.3) is 0 Å². The molecule has 1 amide bonds. The maximum atomic E-state index is 12.8. The average molecular weight is 336 g/mol. The van der Waals surface area contributed by atoms with Gasteiger partial charge in [-0.1, -0.05) is 43.3 Å². The van der Waals surface area contributed by atoms with E-state index in [4.69, 9.17) is 0 Å². The second kappa shape index (κ2) is 7.97. The minimum Gasteiger partial charge on any atom is -0.324 e. The van der Waals surface area contributed by atoms with Gasteiger partial charge >= 0.3 is 6.18 Å². The lowest BCUT2D eigenvalue weighted by Gasteiger charge is -2.19. The van der Waals surface area contributed by atoms with Gasteiger partial charge in [-0.15, -0.1) is 0 Å². The van der Waals surface area contributed by atoms with Crippen molar-refractivity contribution < 1.29 is 18.0 Å². The minimum atomic E-state index is -4.44. The molecule has 0 heterocycles. The number of anilines is 1. The van der Waals surface area contributed by atoms with Crippen LogP contribution >= 0.6 is 0 Å². The molecule has 0 aromatic heterocycles. The molecule has 0 saturated heterocycles. The van der Waals surface area contributed by atoms with E-state index in [1.54, 1.807) is 12.1 Å². The molecule has 0 bridgehead atoms. The Bertz CT molecular complexity index is 671. The lowest BCUT2D eigenvalue weighted by molar-refractivity contribution is -0.137. The average Bonchev–Trinajstić information content (AvgIpc) is 2.55. The van der Waals surface area contributed by atoms with Crippen LogP contribution in [0.3, 0.4) is 0 Å². The number of rotatable bonds is 6. The number of hydrogen-bond donors (Lipinski definition) is 2. The third kappa shape index (κ3) is 4.83. The van der Waals surface area contributed by atoms with E-state index in [2.05, 4.69) is 10.6 Å². The summed E-state index contributed by atoms with van der Waals surface area (Å²) < 4.78 is 38.3. The molecule has 6 heteroatoms. The Morgan fingerprint density at radius 2 is 1.79 bits per heavy atom. The Hall–Kier alpha value is -2.34. The van der Waals surface area contributed by atoms with Crippen LogP contribution in [0.4, 0.5) is 18.9 Å². The molecule has 0 aliphatic rings. The Morgan fingerprint density at radius 1 is 1.08 bits per heavy atom. The van der Waals surface area contributed by atoms with Gasteiger partial charge in [-0.25, -0.2) is 0 Å². The Labute approximate surface area is 138 Å². The normalized spacial score (nSPS) is 12.7. The predicted octanol–water partition coefficient (Wildman–Crippen LogP) is 4.38. The number of halogens is 3. The number of nitrogens with one attached hydrogen (secondary N) is 2. The van der Waals surface area contributed by atoms with E-state index in [9.17, 15) is 18.0 Å². The zero-order valence-electron chi connectivity index (χ0n) is 13.2. The standard InChI is InChI=1S/C18H19F3N2O/c1-2-11-22-16(13-7-4-3-5-8-13)17(24)23-15-10-6-9-14(12-15)18(19,20)21/h3-10,12,16,22H,2,11H2,1H3,(H,23,24). The van der Waals surface area contributed by atoms with E-state index in [-0.39, 0.29) is 5.69 Å². The van der Waals surface area contributed by atoms with Crippen molar-refractivity contribution in [1.29, 1.82) is 0 Å². The summed E-state index contributed by atoms with van der Waals surface area (Å²) in [6.07, 6.45) is -3.61. The highest BCUT2D eigenvalue weighted by atomic mass is 19.4. The zero-order valence-corrected chi connectivity index (χ0v) is 13.2. The van der Waals surface area contributed by atoms with E-state index >= 15 is 0 Å². The number of hydrogen-bond acceptors (Lipinski definition) is 2. The van der Waals surface area contributed by atoms with Gasteiger partial charge in [0.2, 0.25) is 5.91 Å². The van der Waals surface area contributed by atoms with Gasteiger partial charge in [-0.05, 0) is 36.7 Å². The van der Waals surface area contributed by atoms with Crippen molar-refractivity contribution in [3.63, 3.8) is 0 Å². The van der Waals surface area contributed by atoms with Crippen molar-refractivity contribution in [3.05, 3.63) is 65.7 Å². The summed E-state index contributed by atoms with van der Waals surface area (Å²) in [6.45, 7) is 2.59. The molecule has 24 heavy (non-hydrogen) atoms. The molecule has 128 valence electrons. The lowest BCUT2D eigenvalue weighted by atomic mass is 10.1. The molecule has 2 rings (SSSR count). The first-order valence-electron chi connectivity index (χ1n) is 7.68. The first kappa shape index (κ1) is 18.0. The van der Waals surface area contributed by atoms with Gasteiger partial charge in [0.15, 0.2) is 0 Å². The summed E-state index contributed by atoms with van der Waals surface area (Å²) in [5.74, 6) is -0.394. The maximum absolute atomic E-state index is 12.8. The van der Waals surface area contributed by atoms with Gasteiger partial charge in [0.25, 0.3) is 0 Å². The molecule has 0 saturated carbocycles. The number of benzene rings is 2. The van der Waals surface area contributed by atoms with E-state index in [0.717, 1.165) is 24.1 Å². The van der Waals surface area contributed by atoms with Gasteiger partial charge in [-0.3, -0.25) is 4.79 Å². The molecule has 0 spiro atoms. The minimum absolute atomic E-state index is 0.119. The van der Waals surface area contributed by atoms with Crippen LogP contribution in [0, 0.1) is 0 Å². The molecule has 2 N–H and O–H groups in total. The first-order chi connectivity index (χ1) is 11.4. The number of amides is 1. The highest BCUT2D eigenvalue weighted by molar-refractivity contribution is 5.95. The SMILES string of the molecule is CCCNC(C(=O)Nc1cccc(C(F)(F)F)c1)c1ccccc1. The predicted molar refractivity (Wildman–Crippen MR) is 87.6 cm³/mol. The summed E-state index contributed by atoms with van der Waals surface area (Å²) in [5.41, 5.74) is 0.0857. The molecule has 2 aromatic carbocycles. The molecule has 0 aliphatic heterocycles. The second-order valence-corrected chi connectivity index (χ2v) is 5.37. The van der Waals surface area contributed by atoms with Crippen LogP contribution in [0.2, 0.25) is 0 Å². The van der Waals surface area contributed by atoms with Gasteiger partial charge in [-0.2, -0.15) is 13.2 Å². The van der Waals surface area contributed by atoms with Crippen LogP contribution in [0.1, 0.15) is 30.5 Å². The Morgan fingerprint density at radius 3 is 2.42 bits per heavy atom. The lowest BCUT2D eigenvalue weighted by Crippen LogP contribution is -2.33. The fourth-order valence-corrected chi connectivity index (χ4v) is 2.28. The quantitative estimate of drug-likeness (QED) is 0.822. The van der Waals surface area contributed by atoms with Crippen LogP contribution in [0.15, 0.2) is 54.6 Å². The van der Waals surface area contributed by atoms with E-state index < -0.39 is 23.7 Å². The second-order valence-electron chi connectivity index (χ2n) is 5.37. The van der Waals surface area contributed by atoms with Crippen molar-refractivity contribution >= 4 is 11.6 Å². The van der Waals surface area contributed by atoms with Crippen LogP contribution in [0.5, 0.6) is 0 Å². The van der Waals surface area contributed by atoms with Crippen molar-refractivity contribution in [1.82, 2.24) is 5.32 Å². The topological polar surface area (TPSA) is 41.1 Å². The maximum Gasteiger partial charge on any atom is 0.416 e. The summed E-state index contributed by atoms with van der Waals surface area (Å²) >= 11 is 0. The van der Waals surface area contributed by atoms with Crippen molar-refractivity contribution in [2.24, 2.45) is 0 Å². The van der Waals surface area contributed by atoms with Crippen molar-refractivity contribution in [2.45, 2.75) is 25.6 Å². The highest BCUT2D eigenvalue weighted by Gasteiger charge is 2.30. The largest absolute Gasteiger partial charge is 0.416 e. The van der Waals surface area contributed by atoms with E-state index in [1.807, 2.05) is 25.1 Å². The van der Waals surface area contributed by atoms with Crippen LogP contribution < -0.4 is 10.6 Å². The number of carbonyl (C=O) groups is 1. The number of alkyl halides is 3. The van der Waals surface area contributed by atoms with Gasteiger partial charge in [0.05, 0.1) is 5.56 Å². The monoisotopic (exact) mass is 336 g/mol. The van der Waals surface area contributed by atoms with Gasteiger partial charge < -0.3 is 10.6 Å². The molecule has 0 radical (unpaired) electrons. The molecule has 3 nitrogen and oxygen atoms in total. The third-order valence-electron chi connectivity index (χ3n) is 3.45. The molecule has 0 aliphatic carbocycles. The Balaban J connectivity index is 2.19. The smallest absolute Gasteiger partial charge is 0.324 e. The molecule has 1 unspecified atom stereocenters. The highest BCUT2D eigenvalue weighted by Crippen LogP contribution is 2.30.